The average molecular weight is 268 g/mol. The molecule has 3 rings (SSSR count). The number of phenols is 1. The van der Waals surface area contributed by atoms with E-state index in [2.05, 4.69) is 0 Å². The predicted molar refractivity (Wildman–Crippen MR) is 81.5 cm³/mol. The van der Waals surface area contributed by atoms with E-state index >= 15 is 0 Å². The molecule has 2 aromatic rings. The molecule has 0 aromatic heterocycles. The molecule has 0 atom stereocenters. The molecule has 0 bridgehead atoms. The first kappa shape index (κ1) is 14.3. The minimum Gasteiger partial charge on any atom is -0.507 e. The molecule has 0 fully saturated rings. The van der Waals surface area contributed by atoms with Crippen molar-refractivity contribution >= 4 is 5.78 Å². The summed E-state index contributed by atoms with van der Waals surface area (Å²) in [5, 5.41) is 10.0. The van der Waals surface area contributed by atoms with Crippen molar-refractivity contribution in [1.29, 1.82) is 0 Å². The molecule has 0 saturated heterocycles. The van der Waals surface area contributed by atoms with Gasteiger partial charge in [0.15, 0.2) is 5.78 Å². The molecule has 0 heterocycles. The molecule has 0 radical (unpaired) electrons. The zero-order valence-corrected chi connectivity index (χ0v) is 12.2. The molecule has 20 heavy (non-hydrogen) atoms. The smallest absolute Gasteiger partial charge is 0.197 e. The highest BCUT2D eigenvalue weighted by molar-refractivity contribution is 6.14. The molecule has 1 aliphatic carbocycles. The summed E-state index contributed by atoms with van der Waals surface area (Å²) in [6.07, 6.45) is 1.58. The number of phenolic OH excluding ortho intramolecular Hbond substituents is 1. The lowest BCUT2D eigenvalue weighted by molar-refractivity contribution is 0.103. The minimum atomic E-state index is -0.0630. The van der Waals surface area contributed by atoms with Crippen LogP contribution in [-0.2, 0) is 12.8 Å². The van der Waals surface area contributed by atoms with E-state index in [0.717, 1.165) is 29.5 Å². The Balaban J connectivity index is 0.000000704. The Morgan fingerprint density at radius 2 is 1.80 bits per heavy atom. The Morgan fingerprint density at radius 1 is 1.10 bits per heavy atom. The van der Waals surface area contributed by atoms with Gasteiger partial charge in [0.05, 0.1) is 5.56 Å². The molecule has 0 spiro atoms. The summed E-state index contributed by atoms with van der Waals surface area (Å²) < 4.78 is 0. The van der Waals surface area contributed by atoms with Gasteiger partial charge in [0.1, 0.15) is 5.75 Å². The lowest BCUT2D eigenvalue weighted by Crippen LogP contribution is -2.15. The lowest BCUT2D eigenvalue weighted by Gasteiger charge is -2.20. The van der Waals surface area contributed by atoms with Crippen LogP contribution in [0.15, 0.2) is 36.4 Å². The third-order valence-electron chi connectivity index (χ3n) is 3.54. The quantitative estimate of drug-likeness (QED) is 0.721. The van der Waals surface area contributed by atoms with Crippen LogP contribution in [-0.4, -0.2) is 10.9 Å². The maximum Gasteiger partial charge on any atom is 0.197 e. The number of rotatable bonds is 1. The Hall–Kier alpha value is -2.09. The monoisotopic (exact) mass is 268 g/mol. The Morgan fingerprint density at radius 3 is 2.50 bits per heavy atom. The van der Waals surface area contributed by atoms with Crippen LogP contribution in [0.25, 0.3) is 0 Å². The molecule has 2 aromatic carbocycles. The van der Waals surface area contributed by atoms with Crippen molar-refractivity contribution in [1.82, 2.24) is 0 Å². The van der Waals surface area contributed by atoms with Gasteiger partial charge in [0.2, 0.25) is 0 Å². The van der Waals surface area contributed by atoms with Gasteiger partial charge in [0, 0.05) is 5.56 Å². The second-order valence-electron chi connectivity index (χ2n) is 4.67. The minimum absolute atomic E-state index is 0.0630. The van der Waals surface area contributed by atoms with E-state index in [9.17, 15) is 9.90 Å². The largest absolute Gasteiger partial charge is 0.507 e. The Bertz CT molecular complexity index is 642. The highest BCUT2D eigenvalue weighted by atomic mass is 16.3. The summed E-state index contributed by atoms with van der Waals surface area (Å²) >= 11 is 0. The fraction of sp³-hybridized carbons (Fsp3) is 0.278. The predicted octanol–water partition coefficient (Wildman–Crippen LogP) is 4.12. The van der Waals surface area contributed by atoms with Crippen LogP contribution in [0.3, 0.4) is 0 Å². The van der Waals surface area contributed by atoms with Crippen molar-refractivity contribution in [3.8, 4) is 5.75 Å². The summed E-state index contributed by atoms with van der Waals surface area (Å²) in [4.78, 5) is 12.4. The van der Waals surface area contributed by atoms with E-state index < -0.39 is 0 Å². The van der Waals surface area contributed by atoms with Gasteiger partial charge in [-0.25, -0.2) is 0 Å². The molecule has 0 unspecified atom stereocenters. The number of carbonyl (C=O) groups excluding carboxylic acids is 1. The molecule has 0 aliphatic heterocycles. The van der Waals surface area contributed by atoms with E-state index in [-0.39, 0.29) is 11.5 Å². The standard InChI is InChI=1S/C16H14O2.C2H6/c1-2-10-7-12-9-11-5-3-4-6-13(11)16(18)15(12)14(17)8-10;1-2/h3-8,17H,2,9H2,1H3;1-2H3. The van der Waals surface area contributed by atoms with Gasteiger partial charge in [-0.2, -0.15) is 0 Å². The first-order valence-electron chi connectivity index (χ1n) is 7.18. The number of aromatic hydroxyl groups is 1. The zero-order chi connectivity index (χ0) is 14.7. The van der Waals surface area contributed by atoms with Crippen LogP contribution in [0.4, 0.5) is 0 Å². The normalized spacial score (nSPS) is 12.1. The molecular formula is C18H20O2. The molecule has 0 amide bonds. The van der Waals surface area contributed by atoms with E-state index in [1.54, 1.807) is 6.07 Å². The maximum atomic E-state index is 12.4. The molecular weight excluding hydrogens is 248 g/mol. The van der Waals surface area contributed by atoms with Crippen LogP contribution in [0.5, 0.6) is 5.75 Å². The number of hydrogen-bond acceptors (Lipinski definition) is 2. The van der Waals surface area contributed by atoms with Gasteiger partial charge in [-0.05, 0) is 35.6 Å². The van der Waals surface area contributed by atoms with Crippen LogP contribution in [0, 0.1) is 0 Å². The third kappa shape index (κ3) is 2.34. The SMILES string of the molecule is CC.CCc1cc(O)c2c(c1)Cc1ccccc1C2=O. The van der Waals surface area contributed by atoms with E-state index in [0.29, 0.717) is 11.1 Å². The number of aryl methyl sites for hydroxylation is 1. The fourth-order valence-corrected chi connectivity index (χ4v) is 2.59. The van der Waals surface area contributed by atoms with Crippen LogP contribution < -0.4 is 0 Å². The van der Waals surface area contributed by atoms with Crippen molar-refractivity contribution in [2.75, 3.05) is 0 Å². The maximum absolute atomic E-state index is 12.4. The summed E-state index contributed by atoms with van der Waals surface area (Å²) in [6, 6.07) is 11.3. The van der Waals surface area contributed by atoms with E-state index in [4.69, 9.17) is 0 Å². The van der Waals surface area contributed by atoms with Crippen molar-refractivity contribution in [2.24, 2.45) is 0 Å². The summed E-state index contributed by atoms with van der Waals surface area (Å²) in [6.45, 7) is 6.04. The van der Waals surface area contributed by atoms with Crippen LogP contribution >= 0.6 is 0 Å². The second-order valence-corrected chi connectivity index (χ2v) is 4.67. The van der Waals surface area contributed by atoms with Gasteiger partial charge < -0.3 is 5.11 Å². The lowest BCUT2D eigenvalue weighted by atomic mass is 9.83. The van der Waals surface area contributed by atoms with Gasteiger partial charge in [-0.1, -0.05) is 51.1 Å². The van der Waals surface area contributed by atoms with Crippen LogP contribution in [0.1, 0.15) is 53.4 Å². The average Bonchev–Trinajstić information content (AvgIpc) is 2.49. The first-order valence-corrected chi connectivity index (χ1v) is 7.18. The molecule has 1 N–H and O–H groups in total. The summed E-state index contributed by atoms with van der Waals surface area (Å²) in [5.41, 5.74) is 4.24. The first-order chi connectivity index (χ1) is 9.70. The molecule has 2 heteroatoms. The molecule has 0 saturated carbocycles. The van der Waals surface area contributed by atoms with Gasteiger partial charge >= 0.3 is 0 Å². The topological polar surface area (TPSA) is 37.3 Å². The van der Waals surface area contributed by atoms with Gasteiger partial charge in [-0.15, -0.1) is 0 Å². The zero-order valence-electron chi connectivity index (χ0n) is 12.2. The van der Waals surface area contributed by atoms with E-state index in [1.807, 2.05) is 51.1 Å². The highest BCUT2D eigenvalue weighted by Gasteiger charge is 2.25. The third-order valence-corrected chi connectivity index (χ3v) is 3.54. The number of carbonyl (C=O) groups is 1. The van der Waals surface area contributed by atoms with Crippen molar-refractivity contribution in [3.05, 3.63) is 64.2 Å². The summed E-state index contributed by atoms with van der Waals surface area (Å²) in [7, 11) is 0. The number of ketones is 1. The Kier molecular flexibility index (Phi) is 4.23. The number of benzene rings is 2. The number of fused-ring (bicyclic) bond motifs is 2. The molecule has 104 valence electrons. The van der Waals surface area contributed by atoms with Crippen LogP contribution in [0.2, 0.25) is 0 Å². The molecule has 2 nitrogen and oxygen atoms in total. The van der Waals surface area contributed by atoms with Crippen molar-refractivity contribution in [3.63, 3.8) is 0 Å². The Labute approximate surface area is 120 Å². The fourth-order valence-electron chi connectivity index (χ4n) is 2.59. The van der Waals surface area contributed by atoms with Gasteiger partial charge in [-0.3, -0.25) is 4.79 Å². The summed E-state index contributed by atoms with van der Waals surface area (Å²) in [5.74, 6) is 0.0517. The van der Waals surface area contributed by atoms with Crippen molar-refractivity contribution < 1.29 is 9.90 Å². The number of hydrogen-bond donors (Lipinski definition) is 1. The highest BCUT2D eigenvalue weighted by Crippen LogP contribution is 2.33. The van der Waals surface area contributed by atoms with Gasteiger partial charge in [0.25, 0.3) is 0 Å². The van der Waals surface area contributed by atoms with Crippen molar-refractivity contribution in [2.45, 2.75) is 33.6 Å². The molecule has 1 aliphatic rings. The second kappa shape index (κ2) is 5.91. The van der Waals surface area contributed by atoms with E-state index in [1.165, 1.54) is 0 Å².